The average molecular weight is 369 g/mol. The van der Waals surface area contributed by atoms with Crippen molar-refractivity contribution in [2.45, 2.75) is 33.1 Å². The maximum absolute atomic E-state index is 12.9. The molecule has 134 valence electrons. The highest BCUT2D eigenvalue weighted by Crippen LogP contribution is 2.32. The summed E-state index contributed by atoms with van der Waals surface area (Å²) in [5.74, 6) is -0.518. The normalized spacial score (nSPS) is 14.6. The Kier molecular flexibility index (Phi) is 5.14. The molecule has 0 bridgehead atoms. The third-order valence-corrected chi connectivity index (χ3v) is 4.84. The molecule has 0 fully saturated rings. The molecule has 1 heterocycles. The predicted octanol–water partition coefficient (Wildman–Crippen LogP) is 4.81. The Morgan fingerprint density at radius 1 is 1.00 bits per heavy atom. The van der Waals surface area contributed by atoms with Gasteiger partial charge >= 0.3 is 0 Å². The molecule has 2 aromatic carbocycles. The van der Waals surface area contributed by atoms with Gasteiger partial charge in [0.25, 0.3) is 11.8 Å². The van der Waals surface area contributed by atoms with Crippen LogP contribution in [0.4, 0.5) is 11.4 Å². The monoisotopic (exact) mass is 368 g/mol. The van der Waals surface area contributed by atoms with Crippen LogP contribution in [-0.4, -0.2) is 11.8 Å². The van der Waals surface area contributed by atoms with Crippen LogP contribution in [0.25, 0.3) is 0 Å². The largest absolute Gasteiger partial charge is 0.350 e. The fourth-order valence-corrected chi connectivity index (χ4v) is 3.17. The lowest BCUT2D eigenvalue weighted by molar-refractivity contribution is -0.120. The Morgan fingerprint density at radius 3 is 2.27 bits per heavy atom. The van der Waals surface area contributed by atoms with Gasteiger partial charge in [0.15, 0.2) is 0 Å². The molecule has 2 aromatic rings. The first-order valence-corrected chi connectivity index (χ1v) is 9.05. The molecule has 0 aliphatic carbocycles. The molecule has 3 rings (SSSR count). The van der Waals surface area contributed by atoms with Gasteiger partial charge in [-0.1, -0.05) is 62.7 Å². The lowest BCUT2D eigenvalue weighted by Crippen LogP contribution is -2.33. The second-order valence-corrected chi connectivity index (χ2v) is 6.90. The highest BCUT2D eigenvalue weighted by molar-refractivity contribution is 6.53. The smallest absolute Gasteiger partial charge is 0.283 e. The molecule has 5 heteroatoms. The molecule has 1 aliphatic heterocycles. The van der Waals surface area contributed by atoms with Crippen molar-refractivity contribution in [1.82, 2.24) is 0 Å². The number of aryl methyl sites for hydroxylation is 1. The molecule has 4 nitrogen and oxygen atoms in total. The maximum atomic E-state index is 12.9. The highest BCUT2D eigenvalue weighted by Gasteiger charge is 2.39. The summed E-state index contributed by atoms with van der Waals surface area (Å²) in [6, 6.07) is 15.1. The van der Waals surface area contributed by atoms with Crippen molar-refractivity contribution in [1.29, 1.82) is 0 Å². The Balaban J connectivity index is 1.89. The van der Waals surface area contributed by atoms with Crippen LogP contribution < -0.4 is 10.2 Å². The highest BCUT2D eigenvalue weighted by atomic mass is 35.5. The molecule has 0 aromatic heterocycles. The van der Waals surface area contributed by atoms with Crippen LogP contribution in [0.15, 0.2) is 59.3 Å². The first-order valence-electron chi connectivity index (χ1n) is 8.67. The van der Waals surface area contributed by atoms with E-state index >= 15 is 0 Å². The lowest BCUT2D eigenvalue weighted by atomic mass is 10.0. The van der Waals surface area contributed by atoms with Crippen molar-refractivity contribution >= 4 is 34.8 Å². The number of halogens is 1. The van der Waals surface area contributed by atoms with Gasteiger partial charge in [-0.2, -0.15) is 0 Å². The third kappa shape index (κ3) is 3.25. The zero-order chi connectivity index (χ0) is 18.8. The third-order valence-electron chi connectivity index (χ3n) is 4.49. The zero-order valence-electron chi connectivity index (χ0n) is 15.0. The number of hydrogen-bond acceptors (Lipinski definition) is 3. The molecule has 0 saturated carbocycles. The number of carbonyl (C=O) groups is 2. The number of para-hydroxylation sites is 1. The first-order chi connectivity index (χ1) is 12.4. The van der Waals surface area contributed by atoms with Crippen LogP contribution in [0.1, 0.15) is 37.8 Å². The van der Waals surface area contributed by atoms with Crippen molar-refractivity contribution in [2.24, 2.45) is 0 Å². The number of carbonyl (C=O) groups excluding carboxylic acids is 2. The van der Waals surface area contributed by atoms with E-state index in [2.05, 4.69) is 19.2 Å². The molecule has 1 aliphatic rings. The van der Waals surface area contributed by atoms with E-state index < -0.39 is 11.8 Å². The maximum Gasteiger partial charge on any atom is 0.283 e. The van der Waals surface area contributed by atoms with E-state index in [-0.39, 0.29) is 10.7 Å². The summed E-state index contributed by atoms with van der Waals surface area (Å²) in [4.78, 5) is 26.6. The van der Waals surface area contributed by atoms with E-state index in [0.29, 0.717) is 23.7 Å². The molecule has 0 unspecified atom stereocenters. The minimum Gasteiger partial charge on any atom is -0.350 e. The second-order valence-electron chi connectivity index (χ2n) is 6.52. The van der Waals surface area contributed by atoms with Crippen molar-refractivity contribution in [2.75, 3.05) is 10.2 Å². The van der Waals surface area contributed by atoms with Gasteiger partial charge in [0.05, 0.1) is 5.69 Å². The molecule has 2 amide bonds. The lowest BCUT2D eigenvalue weighted by Gasteiger charge is -2.18. The van der Waals surface area contributed by atoms with Crippen LogP contribution in [-0.2, 0) is 16.0 Å². The summed E-state index contributed by atoms with van der Waals surface area (Å²) in [7, 11) is 0. The van der Waals surface area contributed by atoms with Crippen LogP contribution in [0.2, 0.25) is 0 Å². The summed E-state index contributed by atoms with van der Waals surface area (Å²) in [5.41, 5.74) is 3.52. The predicted molar refractivity (Wildman–Crippen MR) is 105 cm³/mol. The number of nitrogens with one attached hydrogen (secondary N) is 1. The summed E-state index contributed by atoms with van der Waals surface area (Å²) < 4.78 is 0. The molecular formula is C21H21ClN2O2. The number of imide groups is 1. The molecular weight excluding hydrogens is 348 g/mol. The van der Waals surface area contributed by atoms with Gasteiger partial charge in [-0.15, -0.1) is 0 Å². The topological polar surface area (TPSA) is 49.4 Å². The van der Waals surface area contributed by atoms with E-state index in [1.54, 1.807) is 12.1 Å². The van der Waals surface area contributed by atoms with Gasteiger partial charge in [0, 0.05) is 5.69 Å². The molecule has 0 atom stereocenters. The van der Waals surface area contributed by atoms with Crippen LogP contribution >= 0.6 is 11.6 Å². The Hall–Kier alpha value is -2.59. The number of rotatable bonds is 5. The number of amides is 2. The van der Waals surface area contributed by atoms with E-state index in [1.807, 2.05) is 43.3 Å². The van der Waals surface area contributed by atoms with E-state index in [4.69, 9.17) is 11.6 Å². The van der Waals surface area contributed by atoms with Crippen LogP contribution in [0, 0.1) is 0 Å². The van der Waals surface area contributed by atoms with Gasteiger partial charge in [-0.25, -0.2) is 4.90 Å². The summed E-state index contributed by atoms with van der Waals surface area (Å²) in [6.07, 6.45) is 0.713. The molecule has 1 N–H and O–H groups in total. The van der Waals surface area contributed by atoms with Crippen molar-refractivity contribution < 1.29 is 9.59 Å². The molecule has 0 spiro atoms. The first kappa shape index (κ1) is 18.2. The van der Waals surface area contributed by atoms with Crippen LogP contribution in [0.3, 0.4) is 0 Å². The van der Waals surface area contributed by atoms with Crippen molar-refractivity contribution in [3.8, 4) is 0 Å². The van der Waals surface area contributed by atoms with E-state index in [1.165, 1.54) is 5.56 Å². The second kappa shape index (κ2) is 7.34. The van der Waals surface area contributed by atoms with E-state index in [0.717, 1.165) is 10.5 Å². The SMILES string of the molecule is CCc1ccccc1N1C(=O)C(Cl)=C(Nc2ccc(C(C)C)cc2)C1=O. The fourth-order valence-electron chi connectivity index (χ4n) is 2.95. The molecule has 0 saturated heterocycles. The number of benzene rings is 2. The van der Waals surface area contributed by atoms with Crippen LogP contribution in [0.5, 0.6) is 0 Å². The summed E-state index contributed by atoms with van der Waals surface area (Å²) in [6.45, 7) is 6.21. The summed E-state index contributed by atoms with van der Waals surface area (Å²) >= 11 is 6.20. The van der Waals surface area contributed by atoms with Gasteiger partial charge in [0.2, 0.25) is 0 Å². The Morgan fingerprint density at radius 2 is 1.65 bits per heavy atom. The number of nitrogens with zero attached hydrogens (tertiary/aromatic N) is 1. The van der Waals surface area contributed by atoms with E-state index in [9.17, 15) is 9.59 Å². The number of anilines is 2. The van der Waals surface area contributed by atoms with Gasteiger partial charge < -0.3 is 5.32 Å². The number of hydrogen-bond donors (Lipinski definition) is 1. The Labute approximate surface area is 158 Å². The molecule has 0 radical (unpaired) electrons. The van der Waals surface area contributed by atoms with Gasteiger partial charge in [0.1, 0.15) is 10.7 Å². The van der Waals surface area contributed by atoms with Crippen molar-refractivity contribution in [3.63, 3.8) is 0 Å². The van der Waals surface area contributed by atoms with Gasteiger partial charge in [-0.05, 0) is 41.7 Å². The summed E-state index contributed by atoms with van der Waals surface area (Å²) in [5, 5.41) is 2.92. The van der Waals surface area contributed by atoms with Crippen molar-refractivity contribution in [3.05, 3.63) is 70.4 Å². The average Bonchev–Trinajstić information content (AvgIpc) is 2.85. The standard InChI is InChI=1S/C21H21ClN2O2/c1-4-14-7-5-6-8-17(14)24-20(25)18(22)19(21(24)26)23-16-11-9-15(10-12-16)13(2)3/h5-13,23H,4H2,1-3H3. The minimum absolute atomic E-state index is 0.0890. The van der Waals surface area contributed by atoms with Gasteiger partial charge in [-0.3, -0.25) is 9.59 Å². The quantitative estimate of drug-likeness (QED) is 0.770. The Bertz CT molecular complexity index is 885. The fraction of sp³-hybridized carbons (Fsp3) is 0.238. The zero-order valence-corrected chi connectivity index (χ0v) is 15.8. The molecule has 26 heavy (non-hydrogen) atoms. The minimum atomic E-state index is -0.501.